The van der Waals surface area contributed by atoms with Crippen LogP contribution in [0.2, 0.25) is 0 Å². The Balaban J connectivity index is 1.49. The van der Waals surface area contributed by atoms with Crippen molar-refractivity contribution in [2.24, 2.45) is 0 Å². The van der Waals surface area contributed by atoms with Crippen molar-refractivity contribution in [2.45, 2.75) is 25.7 Å². The minimum atomic E-state index is -0.565. The van der Waals surface area contributed by atoms with Crippen LogP contribution in [0, 0.1) is 0 Å². The molecule has 0 bridgehead atoms. The topological polar surface area (TPSA) is 71.5 Å². The number of pyridine rings is 1. The molecular weight excluding hydrogens is 330 g/mol. The minimum absolute atomic E-state index is 0.321. The summed E-state index contributed by atoms with van der Waals surface area (Å²) >= 11 is 0. The smallest absolute Gasteiger partial charge is 0.340 e. The molecule has 2 aromatic rings. The van der Waals surface area contributed by atoms with Crippen molar-refractivity contribution in [3.8, 4) is 0 Å². The molecule has 1 aliphatic heterocycles. The molecular formula is C20H23N3O3. The maximum absolute atomic E-state index is 12.0. The highest BCUT2D eigenvalue weighted by Crippen LogP contribution is 2.21. The molecule has 26 heavy (non-hydrogen) atoms. The monoisotopic (exact) mass is 353 g/mol. The van der Waals surface area contributed by atoms with Gasteiger partial charge in [0.25, 0.3) is 5.91 Å². The lowest BCUT2D eigenvalue weighted by Gasteiger charge is -2.22. The average molecular weight is 353 g/mol. The third kappa shape index (κ3) is 5.05. The Morgan fingerprint density at radius 2 is 1.77 bits per heavy atom. The molecule has 0 aliphatic carbocycles. The maximum atomic E-state index is 12.0. The van der Waals surface area contributed by atoms with Crippen LogP contribution in [0.5, 0.6) is 0 Å². The fourth-order valence-corrected chi connectivity index (χ4v) is 2.98. The van der Waals surface area contributed by atoms with Crippen molar-refractivity contribution in [3.63, 3.8) is 0 Å². The summed E-state index contributed by atoms with van der Waals surface area (Å²) in [4.78, 5) is 30.0. The number of carbonyl (C=O) groups excluding carboxylic acids is 2. The van der Waals surface area contributed by atoms with E-state index in [4.69, 9.17) is 4.74 Å². The SMILES string of the molecule is O=C(COC(=O)c1cccnc1)Nc1ccc(N2CCCCCC2)cc1. The Morgan fingerprint density at radius 3 is 2.42 bits per heavy atom. The fourth-order valence-electron chi connectivity index (χ4n) is 2.98. The summed E-state index contributed by atoms with van der Waals surface area (Å²) in [5.41, 5.74) is 2.18. The largest absolute Gasteiger partial charge is 0.452 e. The van der Waals surface area contributed by atoms with E-state index in [1.54, 1.807) is 18.3 Å². The first kappa shape index (κ1) is 17.9. The minimum Gasteiger partial charge on any atom is -0.452 e. The van der Waals surface area contributed by atoms with Gasteiger partial charge in [-0.2, -0.15) is 0 Å². The Hall–Kier alpha value is -2.89. The number of esters is 1. The summed E-state index contributed by atoms with van der Waals surface area (Å²) in [6.07, 6.45) is 8.01. The fraction of sp³-hybridized carbons (Fsp3) is 0.350. The van der Waals surface area contributed by atoms with Crippen molar-refractivity contribution >= 4 is 23.3 Å². The summed E-state index contributed by atoms with van der Waals surface area (Å²) in [5, 5.41) is 2.74. The molecule has 0 saturated carbocycles. The van der Waals surface area contributed by atoms with E-state index in [9.17, 15) is 9.59 Å². The Kier molecular flexibility index (Phi) is 6.19. The molecule has 1 N–H and O–H groups in total. The van der Waals surface area contributed by atoms with Crippen LogP contribution >= 0.6 is 0 Å². The molecule has 1 aromatic carbocycles. The van der Waals surface area contributed by atoms with E-state index in [1.807, 2.05) is 24.3 Å². The molecule has 0 spiro atoms. The van der Waals surface area contributed by atoms with E-state index < -0.39 is 5.97 Å². The quantitative estimate of drug-likeness (QED) is 0.836. The van der Waals surface area contributed by atoms with Gasteiger partial charge in [0.05, 0.1) is 5.56 Å². The Bertz CT molecular complexity index is 724. The lowest BCUT2D eigenvalue weighted by atomic mass is 10.2. The molecule has 1 aromatic heterocycles. The third-order valence-electron chi connectivity index (χ3n) is 4.35. The number of nitrogens with one attached hydrogen (secondary N) is 1. The molecule has 6 nitrogen and oxygen atoms in total. The van der Waals surface area contributed by atoms with Gasteiger partial charge >= 0.3 is 5.97 Å². The van der Waals surface area contributed by atoms with Crippen molar-refractivity contribution in [3.05, 3.63) is 54.4 Å². The standard InChI is InChI=1S/C20H23N3O3/c24-19(15-26-20(25)16-6-5-11-21-14-16)22-17-7-9-18(10-8-17)23-12-3-1-2-4-13-23/h5-11,14H,1-4,12-13,15H2,(H,22,24). The van der Waals surface area contributed by atoms with Crippen LogP contribution in [0.3, 0.4) is 0 Å². The van der Waals surface area contributed by atoms with E-state index >= 15 is 0 Å². The number of rotatable bonds is 5. The van der Waals surface area contributed by atoms with Gasteiger partial charge in [0.15, 0.2) is 6.61 Å². The van der Waals surface area contributed by atoms with Crippen LogP contribution in [0.15, 0.2) is 48.8 Å². The van der Waals surface area contributed by atoms with Crippen LogP contribution in [-0.4, -0.2) is 36.6 Å². The van der Waals surface area contributed by atoms with Gasteiger partial charge in [-0.3, -0.25) is 9.78 Å². The molecule has 2 heterocycles. The van der Waals surface area contributed by atoms with Gasteiger partial charge in [0, 0.05) is 36.9 Å². The molecule has 1 saturated heterocycles. The third-order valence-corrected chi connectivity index (χ3v) is 4.35. The van der Waals surface area contributed by atoms with Gasteiger partial charge in [0.1, 0.15) is 0 Å². The number of benzene rings is 1. The number of ether oxygens (including phenoxy) is 1. The van der Waals surface area contributed by atoms with E-state index in [-0.39, 0.29) is 12.5 Å². The summed E-state index contributed by atoms with van der Waals surface area (Å²) < 4.78 is 5.00. The molecule has 1 fully saturated rings. The molecule has 1 amide bonds. The first-order chi connectivity index (χ1) is 12.7. The van der Waals surface area contributed by atoms with E-state index in [2.05, 4.69) is 15.2 Å². The number of nitrogens with zero attached hydrogens (tertiary/aromatic N) is 2. The summed E-state index contributed by atoms with van der Waals surface area (Å²) in [6.45, 7) is 1.83. The number of aromatic nitrogens is 1. The second kappa shape index (κ2) is 8.99. The second-order valence-corrected chi connectivity index (χ2v) is 6.31. The van der Waals surface area contributed by atoms with Crippen LogP contribution in [-0.2, 0) is 9.53 Å². The zero-order valence-corrected chi connectivity index (χ0v) is 14.7. The van der Waals surface area contributed by atoms with Crippen molar-refractivity contribution in [1.29, 1.82) is 0 Å². The van der Waals surface area contributed by atoms with Crippen molar-refractivity contribution in [1.82, 2.24) is 4.98 Å². The van der Waals surface area contributed by atoms with Gasteiger partial charge in [0.2, 0.25) is 0 Å². The second-order valence-electron chi connectivity index (χ2n) is 6.31. The van der Waals surface area contributed by atoms with E-state index in [0.29, 0.717) is 11.3 Å². The van der Waals surface area contributed by atoms with Gasteiger partial charge in [-0.15, -0.1) is 0 Å². The molecule has 0 radical (unpaired) electrons. The van der Waals surface area contributed by atoms with E-state index in [1.165, 1.54) is 37.6 Å². The number of amides is 1. The predicted octanol–water partition coefficient (Wildman–Crippen LogP) is 3.26. The van der Waals surface area contributed by atoms with Crippen LogP contribution in [0.4, 0.5) is 11.4 Å². The lowest BCUT2D eigenvalue weighted by molar-refractivity contribution is -0.119. The summed E-state index contributed by atoms with van der Waals surface area (Å²) in [6, 6.07) is 11.0. The van der Waals surface area contributed by atoms with Crippen molar-refractivity contribution < 1.29 is 14.3 Å². The average Bonchev–Trinajstić information content (AvgIpc) is 2.97. The van der Waals surface area contributed by atoms with Crippen molar-refractivity contribution in [2.75, 3.05) is 29.9 Å². The predicted molar refractivity (Wildman–Crippen MR) is 100 cm³/mol. The number of anilines is 2. The highest BCUT2D eigenvalue weighted by Gasteiger charge is 2.12. The first-order valence-corrected chi connectivity index (χ1v) is 8.94. The van der Waals surface area contributed by atoms with Gasteiger partial charge < -0.3 is 15.0 Å². The Labute approximate surface area is 153 Å². The highest BCUT2D eigenvalue weighted by atomic mass is 16.5. The van der Waals surface area contributed by atoms with Gasteiger partial charge in [-0.05, 0) is 49.2 Å². The van der Waals surface area contributed by atoms with Gasteiger partial charge in [-0.1, -0.05) is 12.8 Å². The van der Waals surface area contributed by atoms with Crippen LogP contribution < -0.4 is 10.2 Å². The zero-order valence-electron chi connectivity index (χ0n) is 14.7. The van der Waals surface area contributed by atoms with Crippen LogP contribution in [0.1, 0.15) is 36.0 Å². The molecule has 0 unspecified atom stereocenters. The number of hydrogen-bond acceptors (Lipinski definition) is 5. The lowest BCUT2D eigenvalue weighted by Crippen LogP contribution is -2.24. The summed E-state index contributed by atoms with van der Waals surface area (Å²) in [5.74, 6) is -0.936. The maximum Gasteiger partial charge on any atom is 0.340 e. The van der Waals surface area contributed by atoms with Gasteiger partial charge in [-0.25, -0.2) is 4.79 Å². The van der Waals surface area contributed by atoms with E-state index in [0.717, 1.165) is 13.1 Å². The summed E-state index contributed by atoms with van der Waals surface area (Å²) in [7, 11) is 0. The highest BCUT2D eigenvalue weighted by molar-refractivity contribution is 5.95. The van der Waals surface area contributed by atoms with Crippen LogP contribution in [0.25, 0.3) is 0 Å². The number of carbonyl (C=O) groups is 2. The normalized spacial score (nSPS) is 14.4. The zero-order chi connectivity index (χ0) is 18.2. The first-order valence-electron chi connectivity index (χ1n) is 8.94. The molecule has 3 rings (SSSR count). The molecule has 1 aliphatic rings. The Morgan fingerprint density at radius 1 is 1.04 bits per heavy atom. The molecule has 0 atom stereocenters. The molecule has 136 valence electrons. The number of hydrogen-bond donors (Lipinski definition) is 1. The molecule has 6 heteroatoms.